The molecule has 2 aromatic carbocycles. The van der Waals surface area contributed by atoms with Crippen LogP contribution in [-0.2, 0) is 45.2 Å². The van der Waals surface area contributed by atoms with Crippen LogP contribution in [0.4, 0.5) is 0 Å². The van der Waals surface area contributed by atoms with Crippen molar-refractivity contribution in [2.24, 2.45) is 0 Å². The first kappa shape index (κ1) is 41.4. The van der Waals surface area contributed by atoms with E-state index in [0.29, 0.717) is 18.5 Å². The number of rotatable bonds is 12. The first-order valence-electron chi connectivity index (χ1n) is 21.0. The third-order valence-corrected chi connectivity index (χ3v) is 11.2. The molecular formula is C47H62N4O4. The van der Waals surface area contributed by atoms with Crippen LogP contribution in [0.3, 0.4) is 0 Å². The lowest BCUT2D eigenvalue weighted by molar-refractivity contribution is 0.0931. The number of hydrogen-bond donors (Lipinski definition) is 2. The number of aromatic nitrogens is 2. The Bertz CT molecular complexity index is 1970. The Morgan fingerprint density at radius 3 is 1.55 bits per heavy atom. The van der Waals surface area contributed by atoms with Crippen molar-refractivity contribution in [2.45, 2.75) is 142 Å². The van der Waals surface area contributed by atoms with Crippen LogP contribution >= 0.6 is 0 Å². The normalized spacial score (nSPS) is 14.7. The predicted molar refractivity (Wildman–Crippen MR) is 223 cm³/mol. The molecule has 0 bridgehead atoms. The van der Waals surface area contributed by atoms with Crippen molar-refractivity contribution in [3.8, 4) is 0 Å². The first-order chi connectivity index (χ1) is 26.9. The number of pyridine rings is 2. The van der Waals surface area contributed by atoms with E-state index in [1.165, 1.54) is 42.5 Å². The van der Waals surface area contributed by atoms with Gasteiger partial charge in [0.15, 0.2) is 0 Å². The van der Waals surface area contributed by atoms with E-state index in [1.54, 1.807) is 7.05 Å². The van der Waals surface area contributed by atoms with Crippen LogP contribution in [0.15, 0.2) is 82.4 Å². The van der Waals surface area contributed by atoms with Gasteiger partial charge in [-0.05, 0) is 105 Å². The number of nitrogens with one attached hydrogen (secondary N) is 2. The number of fused-ring (bicyclic) bond motifs is 2. The molecule has 2 aromatic heterocycles. The maximum Gasteiger partial charge on any atom is 0.263 e. The van der Waals surface area contributed by atoms with Crippen LogP contribution < -0.4 is 21.8 Å². The van der Waals surface area contributed by atoms with Gasteiger partial charge in [0.1, 0.15) is 11.1 Å². The first-order valence-corrected chi connectivity index (χ1v) is 21.0. The lowest BCUT2D eigenvalue weighted by Gasteiger charge is -2.23. The minimum absolute atomic E-state index is 0.123. The molecular weight excluding hydrogens is 685 g/mol. The molecule has 55 heavy (non-hydrogen) atoms. The van der Waals surface area contributed by atoms with E-state index in [1.807, 2.05) is 69.8 Å². The molecule has 0 spiro atoms. The summed E-state index contributed by atoms with van der Waals surface area (Å²) in [5.41, 5.74) is 7.20. The molecule has 8 nitrogen and oxygen atoms in total. The third-order valence-electron chi connectivity index (χ3n) is 11.2. The summed E-state index contributed by atoms with van der Waals surface area (Å²) < 4.78 is 3.78. The Morgan fingerprint density at radius 1 is 0.618 bits per heavy atom. The van der Waals surface area contributed by atoms with E-state index < -0.39 is 0 Å². The van der Waals surface area contributed by atoms with Gasteiger partial charge in [-0.15, -0.1) is 0 Å². The Morgan fingerprint density at radius 2 is 1.07 bits per heavy atom. The van der Waals surface area contributed by atoms with Gasteiger partial charge in [0.25, 0.3) is 22.9 Å². The zero-order chi connectivity index (χ0) is 39.0. The average molecular weight is 747 g/mol. The zero-order valence-electron chi connectivity index (χ0n) is 33.5. The maximum atomic E-state index is 13.6. The van der Waals surface area contributed by atoms with E-state index in [9.17, 15) is 19.2 Å². The summed E-state index contributed by atoms with van der Waals surface area (Å²) in [6.07, 6.45) is 17.9. The van der Waals surface area contributed by atoms with Crippen molar-refractivity contribution in [2.75, 3.05) is 7.05 Å². The van der Waals surface area contributed by atoms with Crippen LogP contribution in [0.2, 0.25) is 0 Å². The van der Waals surface area contributed by atoms with Crippen molar-refractivity contribution in [3.05, 3.63) is 138 Å². The van der Waals surface area contributed by atoms with Gasteiger partial charge in [-0.2, -0.15) is 0 Å². The van der Waals surface area contributed by atoms with E-state index in [2.05, 4.69) is 36.6 Å². The molecule has 4 aromatic rings. The Balaban J connectivity index is 0.000000237. The predicted octanol–water partition coefficient (Wildman–Crippen LogP) is 8.69. The quantitative estimate of drug-likeness (QED) is 0.152. The minimum atomic E-state index is -0.273. The molecule has 8 heteroatoms. The molecule has 2 heterocycles. The highest BCUT2D eigenvalue weighted by atomic mass is 16.2. The molecule has 0 radical (unpaired) electrons. The third kappa shape index (κ3) is 11.2. The second kappa shape index (κ2) is 21.4. The number of carbonyl (C=O) groups is 2. The molecule has 0 fully saturated rings. The number of carbonyl (C=O) groups excluding carboxylic acids is 2. The SMILES string of the molecule is CCCCn1c2c(cc(C(=O)NC(Cc3ccccc3)c3ccccc3)c1=O)CCCCCC2.CCCCn1c2c(cc(C(=O)NC)c1=O)CCCCCC2. The lowest BCUT2D eigenvalue weighted by atomic mass is 9.94. The van der Waals surface area contributed by atoms with Crippen LogP contribution in [0.25, 0.3) is 0 Å². The number of nitrogens with zero attached hydrogens (tertiary/aromatic N) is 2. The highest BCUT2D eigenvalue weighted by Gasteiger charge is 2.23. The summed E-state index contributed by atoms with van der Waals surface area (Å²) in [6.45, 7) is 5.67. The molecule has 0 saturated carbocycles. The summed E-state index contributed by atoms with van der Waals surface area (Å²) in [5.74, 6) is -0.542. The van der Waals surface area contributed by atoms with Crippen molar-refractivity contribution in [1.29, 1.82) is 0 Å². The molecule has 2 N–H and O–H groups in total. The standard InChI is InChI=1S/C30H36N2O2.C17H26N2O2/c1-2-3-20-32-28-19-13-5-4-10-18-25(28)22-26(30(32)34)29(33)31-27(24-16-11-7-12-17-24)21-23-14-8-6-9-15-23;1-3-4-11-19-15-10-8-6-5-7-9-13(15)12-14(17(19)21)16(20)18-2/h6-9,11-12,14-17,22,27H,2-5,10,13,18-21H2,1H3,(H,31,33);12H,3-11H2,1-2H3,(H,18,20). The van der Waals surface area contributed by atoms with Gasteiger partial charge < -0.3 is 19.8 Å². The fraction of sp³-hybridized carbons (Fsp3) is 0.489. The molecule has 2 aliphatic rings. The van der Waals surface area contributed by atoms with Gasteiger partial charge in [-0.3, -0.25) is 19.2 Å². The highest BCUT2D eigenvalue weighted by molar-refractivity contribution is 5.94. The Labute approximate surface area is 327 Å². The lowest BCUT2D eigenvalue weighted by Crippen LogP contribution is -2.37. The van der Waals surface area contributed by atoms with Crippen LogP contribution in [0, 0.1) is 0 Å². The van der Waals surface area contributed by atoms with Gasteiger partial charge in [0.2, 0.25) is 0 Å². The smallest absolute Gasteiger partial charge is 0.263 e. The van der Waals surface area contributed by atoms with Crippen molar-refractivity contribution < 1.29 is 9.59 Å². The van der Waals surface area contributed by atoms with Crippen LogP contribution in [0.1, 0.15) is 151 Å². The Hall–Kier alpha value is -4.72. The molecule has 1 atom stereocenters. The summed E-state index contributed by atoms with van der Waals surface area (Å²) >= 11 is 0. The number of amides is 2. The topological polar surface area (TPSA) is 102 Å². The summed E-state index contributed by atoms with van der Waals surface area (Å²) in [4.78, 5) is 51.8. The summed E-state index contributed by atoms with van der Waals surface area (Å²) in [7, 11) is 1.58. The van der Waals surface area contributed by atoms with Gasteiger partial charge in [0, 0.05) is 31.5 Å². The second-order valence-electron chi connectivity index (χ2n) is 15.2. The molecule has 1 unspecified atom stereocenters. The fourth-order valence-electron chi connectivity index (χ4n) is 8.06. The largest absolute Gasteiger partial charge is 0.355 e. The number of benzene rings is 2. The van der Waals surface area contributed by atoms with E-state index >= 15 is 0 Å². The van der Waals surface area contributed by atoms with Crippen LogP contribution in [-0.4, -0.2) is 28.0 Å². The van der Waals surface area contributed by atoms with Crippen molar-refractivity contribution >= 4 is 11.8 Å². The van der Waals surface area contributed by atoms with Crippen molar-refractivity contribution in [3.63, 3.8) is 0 Å². The van der Waals surface area contributed by atoms with Gasteiger partial charge in [-0.1, -0.05) is 113 Å². The Kier molecular flexibility index (Phi) is 16.1. The van der Waals surface area contributed by atoms with E-state index in [0.717, 1.165) is 100 Å². The maximum absolute atomic E-state index is 13.6. The molecule has 2 amide bonds. The summed E-state index contributed by atoms with van der Waals surface area (Å²) in [5, 5.41) is 5.79. The average Bonchev–Trinajstić information content (AvgIpc) is 3.18. The second-order valence-corrected chi connectivity index (χ2v) is 15.2. The van der Waals surface area contributed by atoms with Crippen LogP contribution in [0.5, 0.6) is 0 Å². The molecule has 6 rings (SSSR count). The van der Waals surface area contributed by atoms with E-state index in [4.69, 9.17) is 0 Å². The number of hydrogen-bond acceptors (Lipinski definition) is 4. The van der Waals surface area contributed by atoms with E-state index in [-0.39, 0.29) is 34.5 Å². The summed E-state index contributed by atoms with van der Waals surface area (Å²) in [6, 6.07) is 23.7. The van der Waals surface area contributed by atoms with Gasteiger partial charge in [0.05, 0.1) is 6.04 Å². The number of unbranched alkanes of at least 4 members (excludes halogenated alkanes) is 2. The molecule has 2 aliphatic carbocycles. The van der Waals surface area contributed by atoms with Crippen molar-refractivity contribution in [1.82, 2.24) is 19.8 Å². The van der Waals surface area contributed by atoms with Gasteiger partial charge >= 0.3 is 0 Å². The molecule has 0 saturated heterocycles. The monoisotopic (exact) mass is 746 g/mol. The fourth-order valence-corrected chi connectivity index (χ4v) is 8.06. The zero-order valence-corrected chi connectivity index (χ0v) is 33.5. The number of aryl methyl sites for hydroxylation is 2. The molecule has 294 valence electrons. The van der Waals surface area contributed by atoms with Gasteiger partial charge in [-0.25, -0.2) is 0 Å². The molecule has 0 aliphatic heterocycles. The highest BCUT2D eigenvalue weighted by Crippen LogP contribution is 2.24. The minimum Gasteiger partial charge on any atom is -0.355 e.